The molecule has 0 saturated carbocycles. The van der Waals surface area contributed by atoms with Crippen LogP contribution in [0.2, 0.25) is 0 Å². The standard InChI is InChI=1S/C17H20FNO/c18-16-9-5-4-8-15(16)10-11-17(20)19-13-12-14-6-2-1-3-7-14/h4-6,8-11H,1-3,7,12-13H2,(H,19,20). The van der Waals surface area contributed by atoms with E-state index in [0.29, 0.717) is 12.1 Å². The van der Waals surface area contributed by atoms with Gasteiger partial charge in [-0.1, -0.05) is 29.8 Å². The third-order valence-electron chi connectivity index (χ3n) is 3.45. The summed E-state index contributed by atoms with van der Waals surface area (Å²) < 4.78 is 13.3. The van der Waals surface area contributed by atoms with Gasteiger partial charge in [0.2, 0.25) is 5.91 Å². The zero-order valence-corrected chi connectivity index (χ0v) is 11.6. The molecule has 1 aliphatic rings. The van der Waals surface area contributed by atoms with Crippen molar-refractivity contribution in [1.29, 1.82) is 0 Å². The Morgan fingerprint density at radius 3 is 2.90 bits per heavy atom. The number of nitrogens with one attached hydrogen (secondary N) is 1. The van der Waals surface area contributed by atoms with Crippen LogP contribution < -0.4 is 5.32 Å². The Balaban J connectivity index is 1.75. The molecule has 0 radical (unpaired) electrons. The zero-order valence-electron chi connectivity index (χ0n) is 11.6. The minimum absolute atomic E-state index is 0.176. The molecule has 0 saturated heterocycles. The molecule has 2 nitrogen and oxygen atoms in total. The van der Waals surface area contributed by atoms with Crippen molar-refractivity contribution in [2.24, 2.45) is 0 Å². The minimum atomic E-state index is -0.316. The molecule has 0 unspecified atom stereocenters. The SMILES string of the molecule is O=C(C=Cc1ccccc1F)NCCC1=CCCCC1. The van der Waals surface area contributed by atoms with E-state index in [-0.39, 0.29) is 11.7 Å². The number of hydrogen-bond acceptors (Lipinski definition) is 1. The van der Waals surface area contributed by atoms with Gasteiger partial charge in [-0.25, -0.2) is 4.39 Å². The summed E-state index contributed by atoms with van der Waals surface area (Å²) >= 11 is 0. The molecule has 0 fully saturated rings. The molecular formula is C17H20FNO. The maximum Gasteiger partial charge on any atom is 0.244 e. The Morgan fingerprint density at radius 1 is 1.30 bits per heavy atom. The fraction of sp³-hybridized carbons (Fsp3) is 0.353. The summed E-state index contributed by atoms with van der Waals surface area (Å²) in [6.07, 6.45) is 10.9. The smallest absolute Gasteiger partial charge is 0.244 e. The molecule has 1 aliphatic carbocycles. The van der Waals surface area contributed by atoms with Crippen molar-refractivity contribution >= 4 is 12.0 Å². The number of allylic oxidation sites excluding steroid dienone is 1. The summed E-state index contributed by atoms with van der Waals surface area (Å²) in [6, 6.07) is 6.40. The molecule has 0 aliphatic heterocycles. The van der Waals surface area contributed by atoms with E-state index in [1.807, 2.05) is 0 Å². The third-order valence-corrected chi connectivity index (χ3v) is 3.45. The highest BCUT2D eigenvalue weighted by molar-refractivity contribution is 5.91. The quantitative estimate of drug-likeness (QED) is 0.641. The number of benzene rings is 1. The molecule has 0 aromatic heterocycles. The molecule has 20 heavy (non-hydrogen) atoms. The van der Waals surface area contributed by atoms with E-state index in [1.165, 1.54) is 36.6 Å². The summed E-state index contributed by atoms with van der Waals surface area (Å²) in [5, 5.41) is 2.83. The van der Waals surface area contributed by atoms with Crippen LogP contribution >= 0.6 is 0 Å². The van der Waals surface area contributed by atoms with Crippen molar-refractivity contribution in [2.75, 3.05) is 6.54 Å². The number of carbonyl (C=O) groups excluding carboxylic acids is 1. The van der Waals surface area contributed by atoms with E-state index < -0.39 is 0 Å². The Labute approximate surface area is 119 Å². The summed E-state index contributed by atoms with van der Waals surface area (Å²) in [7, 11) is 0. The average Bonchev–Trinajstić information content (AvgIpc) is 2.47. The van der Waals surface area contributed by atoms with Crippen molar-refractivity contribution < 1.29 is 9.18 Å². The Morgan fingerprint density at radius 2 is 2.15 bits per heavy atom. The molecule has 3 heteroatoms. The molecular weight excluding hydrogens is 253 g/mol. The molecule has 0 heterocycles. The maximum atomic E-state index is 13.3. The van der Waals surface area contributed by atoms with Gasteiger partial charge >= 0.3 is 0 Å². The van der Waals surface area contributed by atoms with Crippen LogP contribution in [0.5, 0.6) is 0 Å². The van der Waals surface area contributed by atoms with Gasteiger partial charge in [0, 0.05) is 18.2 Å². The molecule has 1 amide bonds. The van der Waals surface area contributed by atoms with Crippen LogP contribution in [0, 0.1) is 5.82 Å². The van der Waals surface area contributed by atoms with Gasteiger partial charge in [-0.15, -0.1) is 0 Å². The molecule has 1 N–H and O–H groups in total. The number of rotatable bonds is 5. The summed E-state index contributed by atoms with van der Waals surface area (Å²) in [5.74, 6) is -0.492. The van der Waals surface area contributed by atoms with Crippen molar-refractivity contribution in [1.82, 2.24) is 5.32 Å². The van der Waals surface area contributed by atoms with Crippen molar-refractivity contribution in [3.05, 3.63) is 53.4 Å². The van der Waals surface area contributed by atoms with Crippen LogP contribution in [0.1, 0.15) is 37.7 Å². The fourth-order valence-corrected chi connectivity index (χ4v) is 2.31. The lowest BCUT2D eigenvalue weighted by Gasteiger charge is -2.12. The van der Waals surface area contributed by atoms with E-state index in [4.69, 9.17) is 0 Å². The van der Waals surface area contributed by atoms with E-state index in [2.05, 4.69) is 11.4 Å². The Hall–Kier alpha value is -1.90. The topological polar surface area (TPSA) is 29.1 Å². The summed E-state index contributed by atoms with van der Waals surface area (Å²) in [6.45, 7) is 0.645. The van der Waals surface area contributed by atoms with Crippen molar-refractivity contribution in [3.8, 4) is 0 Å². The first-order chi connectivity index (χ1) is 9.75. The monoisotopic (exact) mass is 273 g/mol. The van der Waals surface area contributed by atoms with Crippen LogP contribution in [-0.2, 0) is 4.79 Å². The number of halogens is 1. The largest absolute Gasteiger partial charge is 0.352 e. The predicted octanol–water partition coefficient (Wildman–Crippen LogP) is 3.85. The normalized spacial score (nSPS) is 15.2. The third kappa shape index (κ3) is 4.65. The maximum absolute atomic E-state index is 13.3. The highest BCUT2D eigenvalue weighted by atomic mass is 19.1. The second-order valence-electron chi connectivity index (χ2n) is 5.00. The second kappa shape index (κ2) is 7.63. The Kier molecular flexibility index (Phi) is 5.54. The highest BCUT2D eigenvalue weighted by Crippen LogP contribution is 2.19. The molecule has 0 bridgehead atoms. The molecule has 0 atom stereocenters. The molecule has 2 rings (SSSR count). The lowest BCUT2D eigenvalue weighted by atomic mass is 9.97. The zero-order chi connectivity index (χ0) is 14.2. The lowest BCUT2D eigenvalue weighted by Crippen LogP contribution is -2.22. The van der Waals surface area contributed by atoms with Gasteiger partial charge in [0.15, 0.2) is 0 Å². The first-order valence-corrected chi connectivity index (χ1v) is 7.14. The Bertz CT molecular complexity index is 519. The van der Waals surface area contributed by atoms with E-state index in [0.717, 1.165) is 19.3 Å². The average molecular weight is 273 g/mol. The molecule has 1 aromatic rings. The van der Waals surface area contributed by atoms with E-state index >= 15 is 0 Å². The van der Waals surface area contributed by atoms with Crippen LogP contribution in [-0.4, -0.2) is 12.5 Å². The van der Waals surface area contributed by atoms with Gasteiger partial charge in [-0.05, 0) is 44.2 Å². The predicted molar refractivity (Wildman–Crippen MR) is 79.6 cm³/mol. The summed E-state index contributed by atoms with van der Waals surface area (Å²) in [5.41, 5.74) is 1.87. The minimum Gasteiger partial charge on any atom is -0.352 e. The first kappa shape index (κ1) is 14.5. The fourth-order valence-electron chi connectivity index (χ4n) is 2.31. The summed E-state index contributed by atoms with van der Waals surface area (Å²) in [4.78, 5) is 11.6. The van der Waals surface area contributed by atoms with Gasteiger partial charge in [-0.2, -0.15) is 0 Å². The highest BCUT2D eigenvalue weighted by Gasteiger charge is 2.04. The van der Waals surface area contributed by atoms with E-state index in [9.17, 15) is 9.18 Å². The van der Waals surface area contributed by atoms with Gasteiger partial charge in [0.1, 0.15) is 5.82 Å². The van der Waals surface area contributed by atoms with Crippen molar-refractivity contribution in [3.63, 3.8) is 0 Å². The van der Waals surface area contributed by atoms with Crippen LogP contribution in [0.25, 0.3) is 6.08 Å². The van der Waals surface area contributed by atoms with Gasteiger partial charge in [0.05, 0.1) is 0 Å². The second-order valence-corrected chi connectivity index (χ2v) is 5.00. The van der Waals surface area contributed by atoms with Crippen molar-refractivity contribution in [2.45, 2.75) is 32.1 Å². The number of carbonyl (C=O) groups is 1. The first-order valence-electron chi connectivity index (χ1n) is 7.14. The van der Waals surface area contributed by atoms with Crippen LogP contribution in [0.4, 0.5) is 4.39 Å². The molecule has 106 valence electrons. The van der Waals surface area contributed by atoms with Crippen LogP contribution in [0.15, 0.2) is 42.0 Å². The lowest BCUT2D eigenvalue weighted by molar-refractivity contribution is -0.116. The van der Waals surface area contributed by atoms with Crippen LogP contribution in [0.3, 0.4) is 0 Å². The molecule has 0 spiro atoms. The molecule has 1 aromatic carbocycles. The van der Waals surface area contributed by atoms with Gasteiger partial charge in [0.25, 0.3) is 0 Å². The van der Waals surface area contributed by atoms with Gasteiger partial charge < -0.3 is 5.32 Å². The number of hydrogen-bond donors (Lipinski definition) is 1. The van der Waals surface area contributed by atoms with E-state index in [1.54, 1.807) is 18.2 Å². The number of amides is 1. The van der Waals surface area contributed by atoms with Gasteiger partial charge in [-0.3, -0.25) is 4.79 Å².